The summed E-state index contributed by atoms with van der Waals surface area (Å²) in [6.07, 6.45) is 2.78. The summed E-state index contributed by atoms with van der Waals surface area (Å²) in [5, 5.41) is 0. The number of rotatable bonds is 28. The summed E-state index contributed by atoms with van der Waals surface area (Å²) < 4.78 is 44.3. The fraction of sp³-hybridized carbons (Fsp3) is 0.622. The molecule has 0 atom stereocenters. The number of ether oxygens (including phenoxy) is 4. The third-order valence-corrected chi connectivity index (χ3v) is 17.0. The number of benzene rings is 2. The van der Waals surface area contributed by atoms with Gasteiger partial charge < -0.3 is 36.7 Å². The minimum atomic E-state index is -2.01. The Morgan fingerprint density at radius 1 is 0.569 bits per heavy atom. The van der Waals surface area contributed by atoms with Crippen molar-refractivity contribution >= 4 is 52.6 Å². The third-order valence-electron chi connectivity index (χ3n) is 8.85. The lowest BCUT2D eigenvalue weighted by atomic mass is 9.78. The molecule has 2 aromatic rings. The summed E-state index contributed by atoms with van der Waals surface area (Å²) in [5.41, 5.74) is 2.03. The first-order chi connectivity index (χ1) is 24.4. The highest BCUT2D eigenvalue weighted by Crippen LogP contribution is 2.33. The monoisotopic (exact) mass is 784 g/mol. The van der Waals surface area contributed by atoms with Crippen molar-refractivity contribution in [3.8, 4) is 11.5 Å². The standard InChI is InChI=1S/C37H60O10S2Si2/c1-37(2,31-11-15-33(16-12-31)44-21-23-46-35(38)19-27-48-25-9-29-50(7,40-3)41-4)32-13-17-34(18-14-32)45-22-24-47-36(39)20-28-49-26-10-30-51(8,42-5)43-6/h11-18H,9-10,19-30H2,1-8H3. The van der Waals surface area contributed by atoms with Crippen molar-refractivity contribution in [2.45, 2.75) is 70.1 Å². The molecule has 10 nitrogen and oxygen atoms in total. The van der Waals surface area contributed by atoms with Crippen LogP contribution in [0.4, 0.5) is 0 Å². The zero-order valence-electron chi connectivity index (χ0n) is 31.9. The van der Waals surface area contributed by atoms with Gasteiger partial charge in [-0.3, -0.25) is 9.59 Å². The average molecular weight is 785 g/mol. The van der Waals surface area contributed by atoms with Crippen LogP contribution in [-0.2, 0) is 42.2 Å². The first kappa shape index (κ1) is 45.1. The second kappa shape index (κ2) is 24.3. The lowest BCUT2D eigenvalue weighted by Gasteiger charge is -2.26. The summed E-state index contributed by atoms with van der Waals surface area (Å²) in [4.78, 5) is 24.1. The van der Waals surface area contributed by atoms with Gasteiger partial charge in [-0.25, -0.2) is 0 Å². The summed E-state index contributed by atoms with van der Waals surface area (Å²) in [7, 11) is 2.80. The van der Waals surface area contributed by atoms with E-state index in [-0.39, 0.29) is 30.6 Å². The van der Waals surface area contributed by atoms with Crippen LogP contribution in [0.5, 0.6) is 11.5 Å². The summed E-state index contributed by atoms with van der Waals surface area (Å²) >= 11 is 3.49. The maximum Gasteiger partial charge on any atom is 0.334 e. The van der Waals surface area contributed by atoms with Crippen molar-refractivity contribution in [1.82, 2.24) is 0 Å². The van der Waals surface area contributed by atoms with Crippen LogP contribution in [0, 0.1) is 0 Å². The van der Waals surface area contributed by atoms with Crippen LogP contribution in [0.3, 0.4) is 0 Å². The van der Waals surface area contributed by atoms with Gasteiger partial charge in [-0.2, -0.15) is 23.5 Å². The smallest absolute Gasteiger partial charge is 0.334 e. The van der Waals surface area contributed by atoms with Crippen molar-refractivity contribution in [2.24, 2.45) is 0 Å². The molecule has 0 aliphatic rings. The molecule has 0 radical (unpaired) electrons. The normalized spacial score (nSPS) is 12.1. The number of hydrogen-bond donors (Lipinski definition) is 0. The van der Waals surface area contributed by atoms with Crippen molar-refractivity contribution in [2.75, 3.05) is 77.9 Å². The van der Waals surface area contributed by atoms with Gasteiger partial charge in [0.25, 0.3) is 0 Å². The molecule has 0 aromatic heterocycles. The Kier molecular flexibility index (Phi) is 21.5. The Hall–Kier alpha value is -2.05. The van der Waals surface area contributed by atoms with E-state index in [4.69, 9.17) is 36.7 Å². The maximum absolute atomic E-state index is 12.1. The molecule has 288 valence electrons. The van der Waals surface area contributed by atoms with Gasteiger partial charge in [0.2, 0.25) is 0 Å². The van der Waals surface area contributed by atoms with Gasteiger partial charge in [0.1, 0.15) is 37.9 Å². The molecule has 0 fully saturated rings. The van der Waals surface area contributed by atoms with Crippen LogP contribution < -0.4 is 9.47 Å². The van der Waals surface area contributed by atoms with E-state index in [1.807, 2.05) is 24.3 Å². The molecule has 51 heavy (non-hydrogen) atoms. The molecule has 0 aliphatic heterocycles. The molecule has 0 spiro atoms. The lowest BCUT2D eigenvalue weighted by Crippen LogP contribution is -2.35. The van der Waals surface area contributed by atoms with Crippen LogP contribution in [0.2, 0.25) is 25.2 Å². The van der Waals surface area contributed by atoms with E-state index in [9.17, 15) is 9.59 Å². The largest absolute Gasteiger partial charge is 0.490 e. The van der Waals surface area contributed by atoms with Crippen molar-refractivity contribution < 1.29 is 46.2 Å². The van der Waals surface area contributed by atoms with E-state index < -0.39 is 17.1 Å². The van der Waals surface area contributed by atoms with Crippen LogP contribution in [-0.4, -0.2) is 107 Å². The molecule has 14 heteroatoms. The van der Waals surface area contributed by atoms with E-state index in [1.165, 1.54) is 0 Å². The zero-order valence-corrected chi connectivity index (χ0v) is 35.6. The number of esters is 2. The van der Waals surface area contributed by atoms with Crippen molar-refractivity contribution in [3.05, 3.63) is 59.7 Å². The number of thioether (sulfide) groups is 2. The molecular formula is C37H60O10S2Si2. The molecule has 2 aromatic carbocycles. The molecule has 0 N–H and O–H groups in total. The first-order valence-electron chi connectivity index (χ1n) is 17.5. The summed E-state index contributed by atoms with van der Waals surface area (Å²) in [5.74, 6) is 4.42. The average Bonchev–Trinajstić information content (AvgIpc) is 3.14. The number of hydrogen-bond acceptors (Lipinski definition) is 12. The molecule has 0 saturated carbocycles. The number of carbonyl (C=O) groups excluding carboxylic acids is 2. The minimum absolute atomic E-state index is 0.209. The molecule has 0 aliphatic carbocycles. The maximum atomic E-state index is 12.1. The van der Waals surface area contributed by atoms with Crippen molar-refractivity contribution in [1.29, 1.82) is 0 Å². The third kappa shape index (κ3) is 17.6. The SMILES string of the molecule is CO[Si](C)(CCCSCCC(=O)OCCOc1ccc(C(C)(C)c2ccc(OCCOC(=O)CCSCCC[Si](C)(OC)OC)cc2)cc1)OC. The van der Waals surface area contributed by atoms with Gasteiger partial charge in [-0.15, -0.1) is 0 Å². The predicted molar refractivity (Wildman–Crippen MR) is 212 cm³/mol. The van der Waals surface area contributed by atoms with Gasteiger partial charge in [-0.05, 0) is 84.9 Å². The Bertz CT molecular complexity index is 1160. The Morgan fingerprint density at radius 2 is 0.922 bits per heavy atom. The van der Waals surface area contributed by atoms with Gasteiger partial charge in [0.05, 0.1) is 12.8 Å². The first-order valence-corrected chi connectivity index (χ1v) is 24.9. The highest BCUT2D eigenvalue weighted by atomic mass is 32.2. The van der Waals surface area contributed by atoms with E-state index in [2.05, 4.69) is 51.2 Å². The fourth-order valence-electron chi connectivity index (χ4n) is 4.96. The Labute approximate surface area is 316 Å². The fourth-order valence-corrected chi connectivity index (χ4v) is 9.98. The van der Waals surface area contributed by atoms with E-state index in [0.29, 0.717) is 26.1 Å². The second-order valence-electron chi connectivity index (χ2n) is 12.8. The highest BCUT2D eigenvalue weighted by Gasteiger charge is 2.28. The number of carbonyl (C=O) groups is 2. The molecular weight excluding hydrogens is 725 g/mol. The molecule has 2 rings (SSSR count). The van der Waals surface area contributed by atoms with Crippen molar-refractivity contribution in [3.63, 3.8) is 0 Å². The Morgan fingerprint density at radius 3 is 1.25 bits per heavy atom. The van der Waals surface area contributed by atoms with Crippen LogP contribution in [0.25, 0.3) is 0 Å². The van der Waals surface area contributed by atoms with Crippen LogP contribution in [0.15, 0.2) is 48.5 Å². The van der Waals surface area contributed by atoms with Gasteiger partial charge in [0, 0.05) is 45.4 Å². The highest BCUT2D eigenvalue weighted by molar-refractivity contribution is 7.99. The quantitative estimate of drug-likeness (QED) is 0.0482. The summed E-state index contributed by atoms with van der Waals surface area (Å²) in [6, 6.07) is 17.9. The van der Waals surface area contributed by atoms with Gasteiger partial charge in [0.15, 0.2) is 0 Å². The molecule has 0 bridgehead atoms. The topological polar surface area (TPSA) is 108 Å². The van der Waals surface area contributed by atoms with Gasteiger partial charge in [-0.1, -0.05) is 38.1 Å². The summed E-state index contributed by atoms with van der Waals surface area (Å²) in [6.45, 7) is 9.48. The molecule has 0 amide bonds. The predicted octanol–water partition coefficient (Wildman–Crippen LogP) is 7.61. The van der Waals surface area contributed by atoms with E-state index in [0.717, 1.165) is 70.6 Å². The van der Waals surface area contributed by atoms with Crippen LogP contribution in [0.1, 0.15) is 50.7 Å². The molecule has 0 saturated heterocycles. The van der Waals surface area contributed by atoms with E-state index in [1.54, 1.807) is 52.0 Å². The second-order valence-corrected chi connectivity index (χ2v) is 22.4. The lowest BCUT2D eigenvalue weighted by molar-refractivity contribution is -0.144. The zero-order chi connectivity index (χ0) is 37.6. The van der Waals surface area contributed by atoms with Crippen LogP contribution >= 0.6 is 23.5 Å². The Balaban J connectivity index is 1.61. The van der Waals surface area contributed by atoms with Gasteiger partial charge >= 0.3 is 29.1 Å². The molecule has 0 heterocycles. The molecule has 0 unspecified atom stereocenters. The van der Waals surface area contributed by atoms with E-state index >= 15 is 0 Å². The minimum Gasteiger partial charge on any atom is -0.490 e.